The van der Waals surface area contributed by atoms with Crippen LogP contribution in [0.5, 0.6) is 0 Å². The summed E-state index contributed by atoms with van der Waals surface area (Å²) in [5.41, 5.74) is 0. The Kier molecular flexibility index (Phi) is 4.42. The molecule has 1 aliphatic heterocycles. The topological polar surface area (TPSA) is 24.5 Å². The normalized spacial score (nSPS) is 23.6. The highest BCUT2D eigenvalue weighted by molar-refractivity contribution is 4.84. The van der Waals surface area contributed by atoms with E-state index in [0.29, 0.717) is 6.04 Å². The van der Waals surface area contributed by atoms with Crippen LogP contribution in [0.3, 0.4) is 0 Å². The van der Waals surface area contributed by atoms with Crippen LogP contribution >= 0.6 is 0 Å². The van der Waals surface area contributed by atoms with Crippen molar-refractivity contribution in [1.29, 1.82) is 0 Å². The fourth-order valence-electron chi connectivity index (χ4n) is 2.35. The molecule has 2 aliphatic rings. The van der Waals surface area contributed by atoms with Gasteiger partial charge in [0.2, 0.25) is 0 Å². The Balaban J connectivity index is 1.56. The maximum absolute atomic E-state index is 5.35. The van der Waals surface area contributed by atoms with Crippen molar-refractivity contribution in [3.05, 3.63) is 0 Å². The third-order valence-electron chi connectivity index (χ3n) is 3.52. The van der Waals surface area contributed by atoms with E-state index in [4.69, 9.17) is 4.74 Å². The summed E-state index contributed by atoms with van der Waals surface area (Å²) in [6.07, 6.45) is 5.22. The van der Waals surface area contributed by atoms with Crippen LogP contribution in [0.4, 0.5) is 0 Å². The third kappa shape index (κ3) is 3.74. The van der Waals surface area contributed by atoms with Gasteiger partial charge in [-0.05, 0) is 32.2 Å². The van der Waals surface area contributed by atoms with Gasteiger partial charge in [0.1, 0.15) is 0 Å². The number of nitrogens with one attached hydrogen (secondary N) is 1. The van der Waals surface area contributed by atoms with Crippen molar-refractivity contribution in [3.63, 3.8) is 0 Å². The molecule has 0 spiro atoms. The number of hydrogen-bond donors (Lipinski definition) is 1. The first kappa shape index (κ1) is 11.4. The number of nitrogens with zero attached hydrogens (tertiary/aromatic N) is 1. The highest BCUT2D eigenvalue weighted by Crippen LogP contribution is 2.25. The predicted octanol–water partition coefficient (Wildman–Crippen LogP) is 1.24. The van der Waals surface area contributed by atoms with E-state index in [1.165, 1.54) is 38.8 Å². The lowest BCUT2D eigenvalue weighted by Crippen LogP contribution is -2.40. The number of ether oxygens (including phenoxy) is 1. The van der Waals surface area contributed by atoms with Gasteiger partial charge in [0, 0.05) is 38.4 Å². The summed E-state index contributed by atoms with van der Waals surface area (Å²) < 4.78 is 5.35. The Morgan fingerprint density at radius 2 is 1.93 bits per heavy atom. The number of rotatable bonds is 6. The minimum atomic E-state index is 0.705. The average Bonchev–Trinajstić information content (AvgIpc) is 3.10. The Morgan fingerprint density at radius 1 is 1.20 bits per heavy atom. The van der Waals surface area contributed by atoms with Crippen molar-refractivity contribution in [3.8, 4) is 0 Å². The van der Waals surface area contributed by atoms with Crippen LogP contribution in [-0.4, -0.2) is 49.8 Å². The molecule has 88 valence electrons. The van der Waals surface area contributed by atoms with Crippen molar-refractivity contribution in [2.45, 2.75) is 44.7 Å². The largest absolute Gasteiger partial charge is 0.381 e. The van der Waals surface area contributed by atoms with Gasteiger partial charge >= 0.3 is 0 Å². The molecule has 2 fully saturated rings. The summed E-state index contributed by atoms with van der Waals surface area (Å²) in [7, 11) is 0. The van der Waals surface area contributed by atoms with Crippen molar-refractivity contribution < 1.29 is 4.74 Å². The summed E-state index contributed by atoms with van der Waals surface area (Å²) >= 11 is 0. The molecule has 0 amide bonds. The molecule has 0 bridgehead atoms. The van der Waals surface area contributed by atoms with Gasteiger partial charge < -0.3 is 10.1 Å². The molecule has 3 nitrogen and oxygen atoms in total. The number of hydrogen-bond acceptors (Lipinski definition) is 3. The highest BCUT2D eigenvalue weighted by atomic mass is 16.5. The molecule has 1 heterocycles. The van der Waals surface area contributed by atoms with Crippen molar-refractivity contribution in [2.24, 2.45) is 0 Å². The van der Waals surface area contributed by atoms with Gasteiger partial charge in [0.05, 0.1) is 0 Å². The summed E-state index contributed by atoms with van der Waals surface area (Å²) in [5.74, 6) is 0. The van der Waals surface area contributed by atoms with E-state index in [0.717, 1.165) is 25.8 Å². The lowest BCUT2D eigenvalue weighted by molar-refractivity contribution is 0.0772. The molecule has 3 heteroatoms. The van der Waals surface area contributed by atoms with E-state index in [-0.39, 0.29) is 0 Å². The molecular weight excluding hydrogens is 188 g/mol. The molecule has 15 heavy (non-hydrogen) atoms. The van der Waals surface area contributed by atoms with Gasteiger partial charge in [-0.25, -0.2) is 0 Å². The minimum Gasteiger partial charge on any atom is -0.381 e. The maximum atomic E-state index is 5.35. The maximum Gasteiger partial charge on any atom is 0.0480 e. The fourth-order valence-corrected chi connectivity index (χ4v) is 2.35. The first-order valence-corrected chi connectivity index (χ1v) is 6.45. The zero-order valence-electron chi connectivity index (χ0n) is 9.87. The molecule has 0 unspecified atom stereocenters. The Labute approximate surface area is 93.2 Å². The highest BCUT2D eigenvalue weighted by Gasteiger charge is 2.27. The van der Waals surface area contributed by atoms with Crippen molar-refractivity contribution in [2.75, 3.05) is 32.8 Å². The summed E-state index contributed by atoms with van der Waals surface area (Å²) in [4.78, 5) is 2.60. The van der Waals surface area contributed by atoms with Crippen molar-refractivity contribution in [1.82, 2.24) is 10.2 Å². The Morgan fingerprint density at radius 3 is 2.53 bits per heavy atom. The van der Waals surface area contributed by atoms with E-state index in [1.54, 1.807) is 0 Å². The van der Waals surface area contributed by atoms with Crippen LogP contribution in [-0.2, 0) is 4.74 Å². The molecule has 1 N–H and O–H groups in total. The molecule has 2 rings (SSSR count). The van der Waals surface area contributed by atoms with E-state index in [1.807, 2.05) is 0 Å². The summed E-state index contributed by atoms with van der Waals surface area (Å²) in [5, 5.41) is 3.65. The van der Waals surface area contributed by atoms with Crippen LogP contribution in [0.15, 0.2) is 0 Å². The molecule has 1 saturated carbocycles. The molecule has 0 aromatic carbocycles. The van der Waals surface area contributed by atoms with Crippen LogP contribution in [0, 0.1) is 0 Å². The van der Waals surface area contributed by atoms with Gasteiger partial charge in [-0.1, -0.05) is 6.92 Å². The van der Waals surface area contributed by atoms with Crippen LogP contribution < -0.4 is 5.32 Å². The van der Waals surface area contributed by atoms with Gasteiger partial charge in [-0.3, -0.25) is 4.90 Å². The lowest BCUT2D eigenvalue weighted by atomic mass is 10.1. The van der Waals surface area contributed by atoms with Gasteiger partial charge in [-0.2, -0.15) is 0 Å². The second-order valence-electron chi connectivity index (χ2n) is 4.70. The minimum absolute atomic E-state index is 0.705. The Hall–Kier alpha value is -0.120. The van der Waals surface area contributed by atoms with E-state index < -0.39 is 0 Å². The van der Waals surface area contributed by atoms with Crippen LogP contribution in [0.2, 0.25) is 0 Å². The smallest absolute Gasteiger partial charge is 0.0480 e. The first-order chi connectivity index (χ1) is 7.40. The fraction of sp³-hybridized carbons (Fsp3) is 1.00. The lowest BCUT2D eigenvalue weighted by Gasteiger charge is -2.25. The molecule has 1 aliphatic carbocycles. The zero-order valence-corrected chi connectivity index (χ0v) is 9.87. The van der Waals surface area contributed by atoms with E-state index >= 15 is 0 Å². The number of likely N-dealkylation sites (N-methyl/N-ethyl adjacent to an activating group) is 1. The van der Waals surface area contributed by atoms with E-state index in [9.17, 15) is 0 Å². The molecule has 0 atom stereocenters. The van der Waals surface area contributed by atoms with Crippen LogP contribution in [0.25, 0.3) is 0 Å². The molecule has 0 aromatic heterocycles. The predicted molar refractivity (Wildman–Crippen MR) is 62.1 cm³/mol. The Bertz CT molecular complexity index is 176. The van der Waals surface area contributed by atoms with Gasteiger partial charge in [-0.15, -0.1) is 0 Å². The van der Waals surface area contributed by atoms with Crippen LogP contribution in [0.1, 0.15) is 32.6 Å². The first-order valence-electron chi connectivity index (χ1n) is 6.45. The molecular formula is C12H24N2O. The molecule has 1 saturated heterocycles. The zero-order chi connectivity index (χ0) is 10.5. The summed E-state index contributed by atoms with van der Waals surface area (Å²) in [6, 6.07) is 1.61. The average molecular weight is 212 g/mol. The van der Waals surface area contributed by atoms with E-state index in [2.05, 4.69) is 17.1 Å². The third-order valence-corrected chi connectivity index (χ3v) is 3.52. The van der Waals surface area contributed by atoms with Gasteiger partial charge in [0.25, 0.3) is 0 Å². The molecule has 0 radical (unpaired) electrons. The quantitative estimate of drug-likeness (QED) is 0.717. The standard InChI is InChI=1S/C12H24N2O/c1-2-14(12-3-4-12)8-7-13-11-5-9-15-10-6-11/h11-13H,2-10H2,1H3. The summed E-state index contributed by atoms with van der Waals surface area (Å²) in [6.45, 7) is 7.73. The SMILES string of the molecule is CCN(CCNC1CCOCC1)C1CC1. The monoisotopic (exact) mass is 212 g/mol. The second-order valence-corrected chi connectivity index (χ2v) is 4.70. The van der Waals surface area contributed by atoms with Gasteiger partial charge in [0.15, 0.2) is 0 Å². The second kappa shape index (κ2) is 5.83. The molecule has 0 aromatic rings. The van der Waals surface area contributed by atoms with Crippen molar-refractivity contribution >= 4 is 0 Å².